The third-order valence-corrected chi connectivity index (χ3v) is 4.88. The van der Waals surface area contributed by atoms with E-state index in [1.54, 1.807) is 0 Å². The monoisotopic (exact) mass is 302 g/mol. The van der Waals surface area contributed by atoms with Gasteiger partial charge in [-0.3, -0.25) is 4.90 Å². The molecule has 0 aromatic carbocycles. The number of hydrogen-bond acceptors (Lipinski definition) is 5. The zero-order valence-corrected chi connectivity index (χ0v) is 12.5. The highest BCUT2D eigenvalue weighted by Crippen LogP contribution is 2.39. The Labute approximate surface area is 122 Å². The first-order chi connectivity index (χ1) is 9.67. The molecule has 112 valence electrons. The average Bonchev–Trinajstić information content (AvgIpc) is 3.17. The molecule has 0 amide bonds. The molecule has 0 bridgehead atoms. The van der Waals surface area contributed by atoms with E-state index in [4.69, 9.17) is 0 Å². The Morgan fingerprint density at radius 2 is 2.15 bits per heavy atom. The van der Waals surface area contributed by atoms with Gasteiger partial charge in [-0.15, -0.1) is 0 Å². The molecule has 1 aliphatic carbocycles. The minimum Gasteiger partial charge on any atom is -0.344 e. The molecular formula is C13H20F2N4S. The van der Waals surface area contributed by atoms with Crippen molar-refractivity contribution >= 4 is 16.7 Å². The van der Waals surface area contributed by atoms with Crippen LogP contribution in [0.25, 0.3) is 0 Å². The second-order valence-corrected chi connectivity index (χ2v) is 6.33. The molecule has 1 aromatic rings. The minimum absolute atomic E-state index is 0.115. The number of rotatable bonds is 5. The molecular weight excluding hydrogens is 282 g/mol. The van der Waals surface area contributed by atoms with Crippen LogP contribution in [0, 0.1) is 0 Å². The van der Waals surface area contributed by atoms with Crippen molar-refractivity contribution in [2.24, 2.45) is 0 Å². The maximum absolute atomic E-state index is 12.6. The Kier molecular flexibility index (Phi) is 4.16. The molecule has 1 atom stereocenters. The predicted molar refractivity (Wildman–Crippen MR) is 75.8 cm³/mol. The number of anilines is 1. The van der Waals surface area contributed by atoms with Crippen LogP contribution in [0.2, 0.25) is 0 Å². The smallest absolute Gasteiger partial charge is 0.251 e. The third kappa shape index (κ3) is 3.09. The van der Waals surface area contributed by atoms with Crippen LogP contribution in [0.15, 0.2) is 0 Å². The zero-order valence-electron chi connectivity index (χ0n) is 11.6. The summed E-state index contributed by atoms with van der Waals surface area (Å²) in [7, 11) is 0. The molecule has 1 unspecified atom stereocenters. The van der Waals surface area contributed by atoms with Gasteiger partial charge in [-0.2, -0.15) is 4.37 Å². The van der Waals surface area contributed by atoms with Crippen LogP contribution in [0.4, 0.5) is 13.9 Å². The summed E-state index contributed by atoms with van der Waals surface area (Å²) in [6.45, 7) is 4.17. The highest BCUT2D eigenvalue weighted by Gasteiger charge is 2.31. The van der Waals surface area contributed by atoms with Crippen LogP contribution in [0.3, 0.4) is 0 Å². The van der Waals surface area contributed by atoms with Gasteiger partial charge in [-0.1, -0.05) is 6.92 Å². The van der Waals surface area contributed by atoms with Crippen LogP contribution in [-0.4, -0.2) is 52.9 Å². The van der Waals surface area contributed by atoms with E-state index in [2.05, 4.69) is 21.2 Å². The van der Waals surface area contributed by atoms with Crippen molar-refractivity contribution in [1.82, 2.24) is 14.3 Å². The number of piperazine rings is 1. The summed E-state index contributed by atoms with van der Waals surface area (Å²) in [6.07, 6.45) is 1.04. The summed E-state index contributed by atoms with van der Waals surface area (Å²) in [4.78, 5) is 8.73. The zero-order chi connectivity index (χ0) is 14.1. The van der Waals surface area contributed by atoms with Crippen molar-refractivity contribution < 1.29 is 8.78 Å². The molecule has 7 heteroatoms. The first-order valence-corrected chi connectivity index (χ1v) is 8.05. The lowest BCUT2D eigenvalue weighted by Gasteiger charge is -2.40. The molecule has 0 spiro atoms. The van der Waals surface area contributed by atoms with E-state index >= 15 is 0 Å². The Balaban J connectivity index is 1.63. The molecule has 0 N–H and O–H groups in total. The number of nitrogens with zero attached hydrogens (tertiary/aromatic N) is 4. The summed E-state index contributed by atoms with van der Waals surface area (Å²) in [6, 6.07) is 0.186. The molecule has 3 rings (SSSR count). The van der Waals surface area contributed by atoms with Gasteiger partial charge in [0.15, 0.2) is 0 Å². The van der Waals surface area contributed by atoms with E-state index in [0.29, 0.717) is 12.5 Å². The first-order valence-electron chi connectivity index (χ1n) is 7.28. The van der Waals surface area contributed by atoms with Crippen LogP contribution in [0.5, 0.6) is 0 Å². The van der Waals surface area contributed by atoms with Crippen molar-refractivity contribution in [2.45, 2.75) is 44.6 Å². The highest BCUT2D eigenvalue weighted by molar-refractivity contribution is 7.09. The molecule has 2 aliphatic rings. The topological polar surface area (TPSA) is 32.3 Å². The van der Waals surface area contributed by atoms with E-state index in [9.17, 15) is 8.78 Å². The Hall–Kier alpha value is -0.820. The van der Waals surface area contributed by atoms with Gasteiger partial charge in [0.25, 0.3) is 6.43 Å². The largest absolute Gasteiger partial charge is 0.344 e. The van der Waals surface area contributed by atoms with Crippen molar-refractivity contribution in [1.29, 1.82) is 0 Å². The molecule has 2 heterocycles. The fourth-order valence-electron chi connectivity index (χ4n) is 2.73. The Bertz CT molecular complexity index is 449. The summed E-state index contributed by atoms with van der Waals surface area (Å²) in [5.74, 6) is 1.55. The molecule has 1 aromatic heterocycles. The van der Waals surface area contributed by atoms with Gasteiger partial charge in [0.1, 0.15) is 5.82 Å². The van der Waals surface area contributed by atoms with Crippen LogP contribution >= 0.6 is 11.5 Å². The second kappa shape index (κ2) is 5.89. The fourth-order valence-corrected chi connectivity index (χ4v) is 3.51. The SMILES string of the molecule is CCC1CN(c2nc(C3CC3)ns2)CCN1CC(F)F. The Morgan fingerprint density at radius 1 is 1.35 bits per heavy atom. The van der Waals surface area contributed by atoms with Crippen LogP contribution in [-0.2, 0) is 0 Å². The average molecular weight is 302 g/mol. The first kappa shape index (κ1) is 14.1. The van der Waals surface area contributed by atoms with Crippen LogP contribution in [0.1, 0.15) is 37.9 Å². The van der Waals surface area contributed by atoms with E-state index in [1.165, 1.54) is 24.4 Å². The van der Waals surface area contributed by atoms with Crippen molar-refractivity contribution in [3.8, 4) is 0 Å². The van der Waals surface area contributed by atoms with Crippen molar-refractivity contribution in [3.63, 3.8) is 0 Å². The van der Waals surface area contributed by atoms with E-state index in [1.807, 2.05) is 4.90 Å². The molecule has 1 saturated heterocycles. The molecule has 4 nitrogen and oxygen atoms in total. The fraction of sp³-hybridized carbons (Fsp3) is 0.846. The Morgan fingerprint density at radius 3 is 2.80 bits per heavy atom. The van der Waals surface area contributed by atoms with E-state index in [-0.39, 0.29) is 12.6 Å². The van der Waals surface area contributed by atoms with E-state index in [0.717, 1.165) is 30.5 Å². The van der Waals surface area contributed by atoms with Gasteiger partial charge in [-0.05, 0) is 19.3 Å². The number of hydrogen-bond donors (Lipinski definition) is 0. The lowest BCUT2D eigenvalue weighted by Crippen LogP contribution is -2.54. The van der Waals surface area contributed by atoms with Gasteiger partial charge in [0.2, 0.25) is 5.13 Å². The van der Waals surface area contributed by atoms with Crippen molar-refractivity contribution in [2.75, 3.05) is 31.1 Å². The molecule has 0 radical (unpaired) electrons. The summed E-state index contributed by atoms with van der Waals surface area (Å²) >= 11 is 1.45. The standard InChI is InChI=1S/C13H20F2N4S/c1-2-10-7-19(6-5-18(10)8-11(14)15)13-16-12(17-20-13)9-3-4-9/h9-11H,2-8H2,1H3. The maximum atomic E-state index is 12.6. The maximum Gasteiger partial charge on any atom is 0.251 e. The quantitative estimate of drug-likeness (QED) is 0.837. The molecule has 1 aliphatic heterocycles. The summed E-state index contributed by atoms with van der Waals surface area (Å²) in [5.41, 5.74) is 0. The van der Waals surface area contributed by atoms with Gasteiger partial charge in [0, 0.05) is 43.1 Å². The van der Waals surface area contributed by atoms with Gasteiger partial charge < -0.3 is 4.90 Å². The minimum atomic E-state index is -2.25. The lowest BCUT2D eigenvalue weighted by atomic mass is 10.1. The van der Waals surface area contributed by atoms with E-state index < -0.39 is 6.43 Å². The molecule has 2 fully saturated rings. The van der Waals surface area contributed by atoms with Crippen LogP contribution < -0.4 is 4.90 Å². The predicted octanol–water partition coefficient (Wildman–Crippen LogP) is 2.58. The van der Waals surface area contributed by atoms with Gasteiger partial charge >= 0.3 is 0 Å². The van der Waals surface area contributed by atoms with Gasteiger partial charge in [0.05, 0.1) is 6.54 Å². The number of aromatic nitrogens is 2. The van der Waals surface area contributed by atoms with Crippen molar-refractivity contribution in [3.05, 3.63) is 5.82 Å². The highest BCUT2D eigenvalue weighted by atomic mass is 32.1. The third-order valence-electron chi connectivity index (χ3n) is 4.09. The molecule has 1 saturated carbocycles. The normalized spacial score (nSPS) is 24.6. The van der Waals surface area contributed by atoms with Gasteiger partial charge in [-0.25, -0.2) is 13.8 Å². The number of halogens is 2. The summed E-state index contributed by atoms with van der Waals surface area (Å²) < 4.78 is 29.6. The summed E-state index contributed by atoms with van der Waals surface area (Å²) in [5, 5.41) is 0.960. The second-order valence-electron chi connectivity index (χ2n) is 5.60. The molecule has 20 heavy (non-hydrogen) atoms. The lowest BCUT2D eigenvalue weighted by molar-refractivity contribution is 0.0588. The number of alkyl halides is 2.